The van der Waals surface area contributed by atoms with Crippen LogP contribution in [0.15, 0.2) is 0 Å². The fourth-order valence-electron chi connectivity index (χ4n) is 1.79. The molecule has 0 aromatic heterocycles. The molecular weight excluding hydrogens is 126 g/mol. The van der Waals surface area contributed by atoms with E-state index in [1.54, 1.807) is 0 Å². The number of hydrogen-bond acceptors (Lipinski definition) is 3. The maximum atomic E-state index is 3.51. The van der Waals surface area contributed by atoms with Gasteiger partial charge >= 0.3 is 0 Å². The van der Waals surface area contributed by atoms with Gasteiger partial charge in [-0.15, -0.1) is 0 Å². The van der Waals surface area contributed by atoms with Gasteiger partial charge in [0, 0.05) is 19.6 Å². The molecule has 2 rings (SSSR count). The molecule has 1 spiro atoms. The lowest BCUT2D eigenvalue weighted by atomic mass is 9.96. The second-order valence-corrected chi connectivity index (χ2v) is 3.42. The molecule has 0 aromatic carbocycles. The van der Waals surface area contributed by atoms with Gasteiger partial charge in [0.1, 0.15) is 0 Å². The maximum absolute atomic E-state index is 3.51. The minimum absolute atomic E-state index is 0.299. The smallest absolute Gasteiger partial charge is 0.0830 e. The average molecular weight is 141 g/mol. The maximum Gasteiger partial charge on any atom is 0.0830 e. The molecule has 2 saturated heterocycles. The lowest BCUT2D eigenvalue weighted by molar-refractivity contribution is 0.0673. The van der Waals surface area contributed by atoms with Crippen LogP contribution < -0.4 is 10.6 Å². The van der Waals surface area contributed by atoms with Crippen molar-refractivity contribution >= 4 is 0 Å². The average Bonchev–Trinajstić information content (AvgIpc) is 1.85. The molecular formula is C7H15N3. The van der Waals surface area contributed by atoms with Gasteiger partial charge in [0.05, 0.1) is 5.66 Å². The van der Waals surface area contributed by atoms with Crippen molar-refractivity contribution in [3.8, 4) is 0 Å². The van der Waals surface area contributed by atoms with Crippen molar-refractivity contribution in [1.29, 1.82) is 0 Å². The highest BCUT2D eigenvalue weighted by Gasteiger charge is 2.38. The molecule has 0 amide bonds. The fraction of sp³-hybridized carbons (Fsp3) is 1.00. The minimum Gasteiger partial charge on any atom is -0.302 e. The summed E-state index contributed by atoms with van der Waals surface area (Å²) >= 11 is 0. The Hall–Kier alpha value is -0.120. The zero-order chi connectivity index (χ0) is 7.03. The summed E-state index contributed by atoms with van der Waals surface area (Å²) in [6.07, 6.45) is 1.29. The number of rotatable bonds is 0. The number of piperazine rings is 1. The molecule has 3 nitrogen and oxygen atoms in total. The van der Waals surface area contributed by atoms with Gasteiger partial charge in [-0.2, -0.15) is 0 Å². The summed E-state index contributed by atoms with van der Waals surface area (Å²) in [4.78, 5) is 2.38. The Kier molecular flexibility index (Phi) is 1.44. The molecule has 2 aliphatic rings. The van der Waals surface area contributed by atoms with E-state index in [2.05, 4.69) is 22.6 Å². The quantitative estimate of drug-likeness (QED) is 0.463. The van der Waals surface area contributed by atoms with Crippen LogP contribution in [0.1, 0.15) is 6.42 Å². The lowest BCUT2D eigenvalue weighted by Gasteiger charge is -2.49. The van der Waals surface area contributed by atoms with Crippen LogP contribution in [-0.2, 0) is 0 Å². The van der Waals surface area contributed by atoms with Crippen molar-refractivity contribution in [3.05, 3.63) is 0 Å². The van der Waals surface area contributed by atoms with Crippen LogP contribution in [0, 0.1) is 0 Å². The summed E-state index contributed by atoms with van der Waals surface area (Å²) in [5, 5.41) is 6.95. The second kappa shape index (κ2) is 2.19. The Bertz CT molecular complexity index is 131. The first-order valence-electron chi connectivity index (χ1n) is 3.99. The summed E-state index contributed by atoms with van der Waals surface area (Å²) < 4.78 is 0. The first kappa shape index (κ1) is 6.58. The molecule has 1 unspecified atom stereocenters. The Labute approximate surface area is 61.8 Å². The van der Waals surface area contributed by atoms with Crippen LogP contribution in [-0.4, -0.2) is 43.8 Å². The predicted molar refractivity (Wildman–Crippen MR) is 40.9 cm³/mol. The van der Waals surface area contributed by atoms with Crippen molar-refractivity contribution < 1.29 is 0 Å². The van der Waals surface area contributed by atoms with Gasteiger partial charge in [0.15, 0.2) is 0 Å². The molecule has 0 aliphatic carbocycles. The lowest BCUT2D eigenvalue weighted by Crippen LogP contribution is -2.73. The van der Waals surface area contributed by atoms with Crippen LogP contribution in [0.4, 0.5) is 0 Å². The van der Waals surface area contributed by atoms with E-state index in [0.29, 0.717) is 5.66 Å². The zero-order valence-electron chi connectivity index (χ0n) is 6.48. The van der Waals surface area contributed by atoms with Crippen LogP contribution >= 0.6 is 0 Å². The molecule has 10 heavy (non-hydrogen) atoms. The van der Waals surface area contributed by atoms with Gasteiger partial charge in [0.25, 0.3) is 0 Å². The molecule has 58 valence electrons. The third-order valence-corrected chi connectivity index (χ3v) is 2.51. The highest BCUT2D eigenvalue weighted by atomic mass is 15.3. The van der Waals surface area contributed by atoms with Crippen molar-refractivity contribution in [1.82, 2.24) is 15.5 Å². The van der Waals surface area contributed by atoms with Crippen LogP contribution in [0.25, 0.3) is 0 Å². The van der Waals surface area contributed by atoms with Gasteiger partial charge < -0.3 is 4.90 Å². The highest BCUT2D eigenvalue weighted by molar-refractivity contribution is 4.98. The van der Waals surface area contributed by atoms with E-state index in [1.165, 1.54) is 19.5 Å². The molecule has 2 fully saturated rings. The first-order valence-corrected chi connectivity index (χ1v) is 3.99. The van der Waals surface area contributed by atoms with Crippen LogP contribution in [0.2, 0.25) is 0 Å². The van der Waals surface area contributed by atoms with Gasteiger partial charge in [-0.1, -0.05) is 0 Å². The standard InChI is InChI=1S/C7H15N3/c1-10-5-4-9-7(6-10)2-3-8-7/h8-9H,2-6H2,1H3. The molecule has 1 atom stereocenters. The van der Waals surface area contributed by atoms with E-state index in [1.807, 2.05) is 0 Å². The van der Waals surface area contributed by atoms with Gasteiger partial charge in [-0.3, -0.25) is 10.6 Å². The van der Waals surface area contributed by atoms with Crippen molar-refractivity contribution in [3.63, 3.8) is 0 Å². The van der Waals surface area contributed by atoms with Crippen molar-refractivity contribution in [2.24, 2.45) is 0 Å². The Morgan fingerprint density at radius 1 is 1.30 bits per heavy atom. The van der Waals surface area contributed by atoms with E-state index in [0.717, 1.165) is 13.1 Å². The summed E-state index contributed by atoms with van der Waals surface area (Å²) in [6, 6.07) is 0. The van der Waals surface area contributed by atoms with Crippen molar-refractivity contribution in [2.75, 3.05) is 33.2 Å². The molecule has 3 heteroatoms. The van der Waals surface area contributed by atoms with E-state index >= 15 is 0 Å². The zero-order valence-corrected chi connectivity index (χ0v) is 6.48. The SMILES string of the molecule is CN1CCNC2(CCN2)C1. The largest absolute Gasteiger partial charge is 0.302 e. The van der Waals surface area contributed by atoms with E-state index in [9.17, 15) is 0 Å². The number of likely N-dealkylation sites (N-methyl/N-ethyl adjacent to an activating group) is 1. The molecule has 2 heterocycles. The van der Waals surface area contributed by atoms with Crippen LogP contribution in [0.3, 0.4) is 0 Å². The fourth-order valence-corrected chi connectivity index (χ4v) is 1.79. The predicted octanol–water partition coefficient (Wildman–Crippen LogP) is -0.789. The number of hydrogen-bond donors (Lipinski definition) is 2. The first-order chi connectivity index (χ1) is 4.81. The van der Waals surface area contributed by atoms with E-state index < -0.39 is 0 Å². The van der Waals surface area contributed by atoms with Gasteiger partial charge in [0.2, 0.25) is 0 Å². The molecule has 0 saturated carbocycles. The summed E-state index contributed by atoms with van der Waals surface area (Å²) in [7, 11) is 2.18. The van der Waals surface area contributed by atoms with E-state index in [-0.39, 0.29) is 0 Å². The molecule has 2 aliphatic heterocycles. The number of nitrogens with one attached hydrogen (secondary N) is 2. The van der Waals surface area contributed by atoms with Gasteiger partial charge in [-0.05, 0) is 20.0 Å². The Morgan fingerprint density at radius 2 is 2.10 bits per heavy atom. The summed E-state index contributed by atoms with van der Waals surface area (Å²) in [5.74, 6) is 0. The third kappa shape index (κ3) is 0.944. The molecule has 0 bridgehead atoms. The summed E-state index contributed by atoms with van der Waals surface area (Å²) in [6.45, 7) is 4.65. The normalized spacial score (nSPS) is 41.7. The van der Waals surface area contributed by atoms with Gasteiger partial charge in [-0.25, -0.2) is 0 Å². The highest BCUT2D eigenvalue weighted by Crippen LogP contribution is 2.18. The Balaban J connectivity index is 1.96. The second-order valence-electron chi connectivity index (χ2n) is 3.42. The number of nitrogens with zero attached hydrogens (tertiary/aromatic N) is 1. The topological polar surface area (TPSA) is 27.3 Å². The monoisotopic (exact) mass is 141 g/mol. The molecule has 0 radical (unpaired) electrons. The van der Waals surface area contributed by atoms with E-state index in [4.69, 9.17) is 0 Å². The third-order valence-electron chi connectivity index (χ3n) is 2.51. The van der Waals surface area contributed by atoms with Crippen molar-refractivity contribution in [2.45, 2.75) is 12.1 Å². The molecule has 0 aromatic rings. The summed E-state index contributed by atoms with van der Waals surface area (Å²) in [5.41, 5.74) is 0.299. The molecule has 2 N–H and O–H groups in total. The Morgan fingerprint density at radius 3 is 2.50 bits per heavy atom. The van der Waals surface area contributed by atoms with Crippen LogP contribution in [0.5, 0.6) is 0 Å². The minimum atomic E-state index is 0.299.